The van der Waals surface area contributed by atoms with Gasteiger partial charge < -0.3 is 5.32 Å². The van der Waals surface area contributed by atoms with E-state index in [1.807, 2.05) is 6.07 Å². The summed E-state index contributed by atoms with van der Waals surface area (Å²) >= 11 is 3.30. The average molecular weight is 287 g/mol. The van der Waals surface area contributed by atoms with Gasteiger partial charge in [-0.25, -0.2) is 0 Å². The molecule has 0 bridgehead atoms. The molecular weight excluding hydrogens is 272 g/mol. The summed E-state index contributed by atoms with van der Waals surface area (Å²) in [4.78, 5) is 10.6. The van der Waals surface area contributed by atoms with Gasteiger partial charge in [0.2, 0.25) is 0 Å². The Kier molecular flexibility index (Phi) is 4.29. The first-order valence-corrected chi connectivity index (χ1v) is 5.90. The fourth-order valence-corrected chi connectivity index (χ4v) is 1.69. The Balaban J connectivity index is 3.08. The molecule has 4 nitrogen and oxygen atoms in total. The molecule has 0 saturated carbocycles. The summed E-state index contributed by atoms with van der Waals surface area (Å²) in [5, 5.41) is 14.1. The van der Waals surface area contributed by atoms with Gasteiger partial charge in [-0.3, -0.25) is 10.1 Å². The van der Waals surface area contributed by atoms with Crippen molar-refractivity contribution in [3.63, 3.8) is 0 Å². The first kappa shape index (κ1) is 13.0. The number of nitro benzene ring substituents is 1. The third-order valence-corrected chi connectivity index (χ3v) is 3.11. The maximum atomic E-state index is 11.0. The Bertz CT molecular complexity index is 405. The van der Waals surface area contributed by atoms with Crippen LogP contribution in [0.4, 0.5) is 11.4 Å². The van der Waals surface area contributed by atoms with Crippen molar-refractivity contribution in [2.24, 2.45) is 5.92 Å². The minimum absolute atomic E-state index is 0.148. The van der Waals surface area contributed by atoms with Gasteiger partial charge in [0.05, 0.1) is 4.92 Å². The highest BCUT2D eigenvalue weighted by Gasteiger charge is 2.19. The topological polar surface area (TPSA) is 55.2 Å². The van der Waals surface area contributed by atoms with E-state index in [-0.39, 0.29) is 10.6 Å². The van der Waals surface area contributed by atoms with Gasteiger partial charge in [0.25, 0.3) is 5.69 Å². The molecule has 0 unspecified atom stereocenters. The second kappa shape index (κ2) is 5.30. The monoisotopic (exact) mass is 286 g/mol. The van der Waals surface area contributed by atoms with Crippen LogP contribution in [0.25, 0.3) is 0 Å². The molecule has 0 aliphatic carbocycles. The van der Waals surface area contributed by atoms with Gasteiger partial charge in [-0.2, -0.15) is 0 Å². The molecule has 0 spiro atoms. The van der Waals surface area contributed by atoms with Crippen LogP contribution in [0.15, 0.2) is 16.6 Å². The highest BCUT2D eigenvalue weighted by molar-refractivity contribution is 9.10. The van der Waals surface area contributed by atoms with E-state index in [4.69, 9.17) is 0 Å². The van der Waals surface area contributed by atoms with Gasteiger partial charge in [-0.15, -0.1) is 0 Å². The lowest BCUT2D eigenvalue weighted by Gasteiger charge is -2.11. The van der Waals surface area contributed by atoms with Gasteiger partial charge in [0.15, 0.2) is 0 Å². The Hall–Kier alpha value is -1.10. The molecule has 0 heterocycles. The van der Waals surface area contributed by atoms with Gasteiger partial charge >= 0.3 is 0 Å². The summed E-state index contributed by atoms with van der Waals surface area (Å²) in [7, 11) is 0. The third kappa shape index (κ3) is 2.95. The van der Waals surface area contributed by atoms with Gasteiger partial charge in [0, 0.05) is 16.6 Å². The first-order valence-electron chi connectivity index (χ1n) is 5.10. The van der Waals surface area contributed by atoms with Crippen LogP contribution < -0.4 is 5.32 Å². The number of hydrogen-bond acceptors (Lipinski definition) is 3. The fraction of sp³-hybridized carbons (Fsp3) is 0.455. The fourth-order valence-electron chi connectivity index (χ4n) is 1.37. The van der Waals surface area contributed by atoms with E-state index in [2.05, 4.69) is 35.1 Å². The Morgan fingerprint density at radius 1 is 1.50 bits per heavy atom. The molecule has 0 atom stereocenters. The lowest BCUT2D eigenvalue weighted by atomic mass is 10.1. The maximum absolute atomic E-state index is 11.0. The van der Waals surface area contributed by atoms with E-state index in [1.54, 1.807) is 13.0 Å². The van der Waals surface area contributed by atoms with Crippen LogP contribution in [-0.2, 0) is 0 Å². The molecule has 0 aromatic heterocycles. The van der Waals surface area contributed by atoms with Crippen molar-refractivity contribution >= 4 is 27.3 Å². The standard InChI is InChI=1S/C11H15BrN2O2/c1-7(2)6-13-10-5-4-9(12)8(3)11(10)14(15)16/h4-5,7,13H,6H2,1-3H3. The van der Waals surface area contributed by atoms with Crippen molar-refractivity contribution in [2.75, 3.05) is 11.9 Å². The lowest BCUT2D eigenvalue weighted by molar-refractivity contribution is -0.384. The molecular formula is C11H15BrN2O2. The van der Waals surface area contributed by atoms with E-state index in [9.17, 15) is 10.1 Å². The van der Waals surface area contributed by atoms with E-state index in [0.717, 1.165) is 11.0 Å². The minimum Gasteiger partial charge on any atom is -0.379 e. The molecule has 0 radical (unpaired) electrons. The van der Waals surface area contributed by atoms with Crippen LogP contribution in [0.3, 0.4) is 0 Å². The Morgan fingerprint density at radius 2 is 2.12 bits per heavy atom. The highest BCUT2D eigenvalue weighted by atomic mass is 79.9. The van der Waals surface area contributed by atoms with Crippen molar-refractivity contribution in [2.45, 2.75) is 20.8 Å². The van der Waals surface area contributed by atoms with Crippen molar-refractivity contribution < 1.29 is 4.92 Å². The van der Waals surface area contributed by atoms with Crippen LogP contribution >= 0.6 is 15.9 Å². The van der Waals surface area contributed by atoms with Gasteiger partial charge in [0.1, 0.15) is 5.69 Å². The van der Waals surface area contributed by atoms with Crippen LogP contribution in [0.2, 0.25) is 0 Å². The summed E-state index contributed by atoms with van der Waals surface area (Å²) in [5.74, 6) is 0.448. The summed E-state index contributed by atoms with van der Waals surface area (Å²) in [6.45, 7) is 6.58. The summed E-state index contributed by atoms with van der Waals surface area (Å²) in [5.41, 5.74) is 1.38. The second-order valence-electron chi connectivity index (χ2n) is 4.10. The zero-order chi connectivity index (χ0) is 12.3. The molecule has 0 aliphatic rings. The summed E-state index contributed by atoms with van der Waals surface area (Å²) < 4.78 is 0.759. The zero-order valence-electron chi connectivity index (χ0n) is 9.58. The highest BCUT2D eigenvalue weighted by Crippen LogP contribution is 2.33. The largest absolute Gasteiger partial charge is 0.379 e. The molecule has 0 aliphatic heterocycles. The van der Waals surface area contributed by atoms with Crippen molar-refractivity contribution in [3.8, 4) is 0 Å². The number of halogens is 1. The molecule has 1 aromatic rings. The number of nitrogens with one attached hydrogen (secondary N) is 1. The number of hydrogen-bond donors (Lipinski definition) is 1. The molecule has 5 heteroatoms. The van der Waals surface area contributed by atoms with Crippen LogP contribution in [-0.4, -0.2) is 11.5 Å². The molecule has 1 aromatic carbocycles. The average Bonchev–Trinajstić information content (AvgIpc) is 2.19. The van der Waals surface area contributed by atoms with E-state index in [1.165, 1.54) is 0 Å². The quantitative estimate of drug-likeness (QED) is 0.678. The first-order chi connectivity index (χ1) is 7.43. The van der Waals surface area contributed by atoms with Crippen molar-refractivity contribution in [1.82, 2.24) is 0 Å². The number of nitrogens with zero attached hydrogens (tertiary/aromatic N) is 1. The predicted octanol–water partition coefficient (Wildman–Crippen LogP) is 3.73. The lowest BCUT2D eigenvalue weighted by Crippen LogP contribution is -2.10. The van der Waals surface area contributed by atoms with E-state index < -0.39 is 0 Å². The number of rotatable bonds is 4. The minimum atomic E-state index is -0.344. The van der Waals surface area contributed by atoms with E-state index >= 15 is 0 Å². The normalized spacial score (nSPS) is 10.6. The molecule has 88 valence electrons. The number of nitro groups is 1. The SMILES string of the molecule is Cc1c(Br)ccc(NCC(C)C)c1[N+](=O)[O-]. The summed E-state index contributed by atoms with van der Waals surface area (Å²) in [6.07, 6.45) is 0. The smallest absolute Gasteiger partial charge is 0.296 e. The van der Waals surface area contributed by atoms with Gasteiger partial charge in [-0.05, 0) is 25.0 Å². The van der Waals surface area contributed by atoms with Crippen molar-refractivity contribution in [3.05, 3.63) is 32.3 Å². The molecule has 0 fully saturated rings. The molecule has 1 N–H and O–H groups in total. The molecule has 0 amide bonds. The number of anilines is 1. The molecule has 16 heavy (non-hydrogen) atoms. The second-order valence-corrected chi connectivity index (χ2v) is 4.95. The Labute approximate surface area is 103 Å². The van der Waals surface area contributed by atoms with Crippen LogP contribution in [0.1, 0.15) is 19.4 Å². The third-order valence-electron chi connectivity index (χ3n) is 2.25. The van der Waals surface area contributed by atoms with Crippen LogP contribution in [0, 0.1) is 23.0 Å². The van der Waals surface area contributed by atoms with E-state index in [0.29, 0.717) is 17.2 Å². The van der Waals surface area contributed by atoms with Gasteiger partial charge in [-0.1, -0.05) is 29.8 Å². The summed E-state index contributed by atoms with van der Waals surface area (Å²) in [6, 6.07) is 3.56. The molecule has 0 saturated heterocycles. The van der Waals surface area contributed by atoms with Crippen molar-refractivity contribution in [1.29, 1.82) is 0 Å². The Morgan fingerprint density at radius 3 is 2.62 bits per heavy atom. The zero-order valence-corrected chi connectivity index (χ0v) is 11.2. The predicted molar refractivity (Wildman–Crippen MR) is 68.9 cm³/mol. The van der Waals surface area contributed by atoms with Crippen LogP contribution in [0.5, 0.6) is 0 Å². The number of benzene rings is 1. The maximum Gasteiger partial charge on any atom is 0.296 e. The molecule has 1 rings (SSSR count).